The van der Waals surface area contributed by atoms with Crippen molar-refractivity contribution in [1.82, 2.24) is 0 Å². The Balaban J connectivity index is 3.78. The van der Waals surface area contributed by atoms with Gasteiger partial charge in [0.2, 0.25) is 0 Å². The number of carboxylic acids is 1. The van der Waals surface area contributed by atoms with Gasteiger partial charge in [-0.1, -0.05) is 0 Å². The lowest BCUT2D eigenvalue weighted by Crippen LogP contribution is -2.36. The number of carbonyl (C=O) groups excluding carboxylic acids is 1. The molecule has 0 rings (SSSR count). The summed E-state index contributed by atoms with van der Waals surface area (Å²) in [4.78, 5) is 21.0. The van der Waals surface area contributed by atoms with Crippen molar-refractivity contribution in [3.05, 3.63) is 0 Å². The van der Waals surface area contributed by atoms with Gasteiger partial charge in [0.15, 0.2) is 0 Å². The number of carbonyl (C=O) groups is 2. The van der Waals surface area contributed by atoms with Crippen molar-refractivity contribution in [2.24, 2.45) is 5.73 Å². The number of aliphatic hydroxyl groups excluding tert-OH is 2. The Labute approximate surface area is 80.1 Å². The van der Waals surface area contributed by atoms with Gasteiger partial charge < -0.3 is 25.8 Å². The molecule has 14 heavy (non-hydrogen) atoms. The molecule has 0 aliphatic carbocycles. The second kappa shape index (κ2) is 6.30. The second-order valence-electron chi connectivity index (χ2n) is 2.67. The van der Waals surface area contributed by atoms with Crippen LogP contribution in [0.4, 0.5) is 0 Å². The number of aliphatic hydroxyl groups is 2. The van der Waals surface area contributed by atoms with E-state index >= 15 is 0 Å². The van der Waals surface area contributed by atoms with E-state index in [0.29, 0.717) is 0 Å². The number of hydrogen-bond acceptors (Lipinski definition) is 6. The second-order valence-corrected chi connectivity index (χ2v) is 2.67. The Kier molecular flexibility index (Phi) is 5.77. The molecular formula is C7H13NO6. The third-order valence-corrected chi connectivity index (χ3v) is 1.33. The molecule has 7 nitrogen and oxygen atoms in total. The summed E-state index contributed by atoms with van der Waals surface area (Å²) < 4.78 is 4.42. The van der Waals surface area contributed by atoms with Crippen LogP contribution < -0.4 is 5.73 Å². The van der Waals surface area contributed by atoms with E-state index < -0.39 is 43.7 Å². The van der Waals surface area contributed by atoms with Crippen LogP contribution in [-0.4, -0.2) is 52.6 Å². The lowest BCUT2D eigenvalue weighted by molar-refractivity contribution is -0.152. The number of carboxylic acid groups (broad SMARTS) is 1. The van der Waals surface area contributed by atoms with Crippen molar-refractivity contribution < 1.29 is 29.6 Å². The molecule has 0 aliphatic heterocycles. The van der Waals surface area contributed by atoms with E-state index in [4.69, 9.17) is 21.1 Å². The average Bonchev–Trinajstić information content (AvgIpc) is 2.12. The van der Waals surface area contributed by atoms with Gasteiger partial charge >= 0.3 is 11.9 Å². The predicted molar refractivity (Wildman–Crippen MR) is 44.3 cm³/mol. The van der Waals surface area contributed by atoms with Crippen LogP contribution in [0.3, 0.4) is 0 Å². The summed E-state index contributed by atoms with van der Waals surface area (Å²) in [6.07, 6.45) is -1.70. The first kappa shape index (κ1) is 12.8. The number of aliphatic carboxylic acids is 1. The maximum atomic E-state index is 10.9. The van der Waals surface area contributed by atoms with Gasteiger partial charge in [-0.25, -0.2) is 0 Å². The van der Waals surface area contributed by atoms with Crippen molar-refractivity contribution in [2.45, 2.75) is 18.6 Å². The molecular weight excluding hydrogens is 194 g/mol. The van der Waals surface area contributed by atoms with Crippen LogP contribution in [0, 0.1) is 0 Å². The number of rotatable bonds is 6. The third-order valence-electron chi connectivity index (χ3n) is 1.33. The summed E-state index contributed by atoms with van der Waals surface area (Å²) in [7, 11) is 0. The quantitative estimate of drug-likeness (QED) is 0.360. The van der Waals surface area contributed by atoms with Gasteiger partial charge in [-0.2, -0.15) is 0 Å². The topological polar surface area (TPSA) is 130 Å². The zero-order chi connectivity index (χ0) is 11.1. The summed E-state index contributed by atoms with van der Waals surface area (Å²) in [5, 5.41) is 25.4. The van der Waals surface area contributed by atoms with Crippen LogP contribution in [0.2, 0.25) is 0 Å². The number of hydrogen-bond donors (Lipinski definition) is 4. The van der Waals surface area contributed by atoms with Crippen LogP contribution in [-0.2, 0) is 14.3 Å². The minimum Gasteiger partial charge on any atom is -0.481 e. The number of nitrogens with two attached hydrogens (primary N) is 1. The smallest absolute Gasteiger partial charge is 0.323 e. The monoisotopic (exact) mass is 207 g/mol. The molecule has 1 unspecified atom stereocenters. The van der Waals surface area contributed by atoms with Gasteiger partial charge in [-0.15, -0.1) is 0 Å². The van der Waals surface area contributed by atoms with Gasteiger partial charge in [0.1, 0.15) is 18.8 Å². The van der Waals surface area contributed by atoms with E-state index in [0.717, 1.165) is 0 Å². The van der Waals surface area contributed by atoms with Crippen molar-refractivity contribution in [3.63, 3.8) is 0 Å². The van der Waals surface area contributed by atoms with Crippen LogP contribution in [0.15, 0.2) is 0 Å². The molecule has 5 N–H and O–H groups in total. The Hall–Kier alpha value is -1.18. The number of ether oxygens (including phenoxy) is 1. The molecule has 0 aromatic rings. The highest BCUT2D eigenvalue weighted by molar-refractivity contribution is 5.81. The zero-order valence-corrected chi connectivity index (χ0v) is 7.42. The Bertz CT molecular complexity index is 206. The molecule has 2 atom stereocenters. The highest BCUT2D eigenvalue weighted by atomic mass is 16.5. The Morgan fingerprint density at radius 3 is 2.43 bits per heavy atom. The molecule has 0 saturated heterocycles. The molecule has 0 aromatic heterocycles. The largest absolute Gasteiger partial charge is 0.481 e. The number of esters is 1. The van der Waals surface area contributed by atoms with Crippen molar-refractivity contribution >= 4 is 11.9 Å². The molecule has 7 heteroatoms. The lowest BCUT2D eigenvalue weighted by atomic mass is 10.2. The molecule has 0 bridgehead atoms. The van der Waals surface area contributed by atoms with Crippen LogP contribution in [0.5, 0.6) is 0 Å². The molecule has 0 heterocycles. The van der Waals surface area contributed by atoms with Gasteiger partial charge in [0.05, 0.1) is 13.0 Å². The molecule has 0 aliphatic rings. The maximum absolute atomic E-state index is 10.9. The Morgan fingerprint density at radius 1 is 1.43 bits per heavy atom. The van der Waals surface area contributed by atoms with E-state index in [1.807, 2.05) is 0 Å². The van der Waals surface area contributed by atoms with E-state index in [9.17, 15) is 9.59 Å². The van der Waals surface area contributed by atoms with Crippen molar-refractivity contribution in [2.75, 3.05) is 13.2 Å². The first-order valence-corrected chi connectivity index (χ1v) is 3.90. The maximum Gasteiger partial charge on any atom is 0.323 e. The fourth-order valence-corrected chi connectivity index (χ4v) is 0.610. The first-order chi connectivity index (χ1) is 6.47. The summed E-state index contributed by atoms with van der Waals surface area (Å²) >= 11 is 0. The van der Waals surface area contributed by atoms with E-state index in [-0.39, 0.29) is 0 Å². The van der Waals surface area contributed by atoms with Gasteiger partial charge in [0.25, 0.3) is 0 Å². The third kappa shape index (κ3) is 5.46. The summed E-state index contributed by atoms with van der Waals surface area (Å²) in [5.74, 6) is -2.13. The summed E-state index contributed by atoms with van der Waals surface area (Å²) in [6.45, 7) is -0.940. The fourth-order valence-electron chi connectivity index (χ4n) is 0.610. The van der Waals surface area contributed by atoms with Crippen molar-refractivity contribution in [3.8, 4) is 0 Å². The molecule has 82 valence electrons. The first-order valence-electron chi connectivity index (χ1n) is 3.90. The average molecular weight is 207 g/mol. The van der Waals surface area contributed by atoms with Gasteiger partial charge in [-0.3, -0.25) is 9.59 Å². The van der Waals surface area contributed by atoms with Crippen LogP contribution in [0.1, 0.15) is 6.42 Å². The molecule has 0 amide bonds. The molecule has 0 spiro atoms. The predicted octanol–water partition coefficient (Wildman–Crippen LogP) is -2.32. The minimum atomic E-state index is -1.25. The zero-order valence-electron chi connectivity index (χ0n) is 7.42. The normalized spacial score (nSPS) is 14.5. The molecule has 0 fully saturated rings. The highest BCUT2D eigenvalue weighted by Crippen LogP contribution is 1.93. The van der Waals surface area contributed by atoms with E-state index in [2.05, 4.69) is 4.74 Å². The van der Waals surface area contributed by atoms with E-state index in [1.165, 1.54) is 0 Å². The Morgan fingerprint density at radius 2 is 2.00 bits per heavy atom. The minimum absolute atomic E-state index is 0.400. The van der Waals surface area contributed by atoms with Gasteiger partial charge in [-0.05, 0) is 0 Å². The SMILES string of the molecule is N[C@@H](CC(=O)O)C(=O)OCC(O)CO. The fraction of sp³-hybridized carbons (Fsp3) is 0.714. The van der Waals surface area contributed by atoms with E-state index in [1.54, 1.807) is 0 Å². The molecule has 0 saturated carbocycles. The van der Waals surface area contributed by atoms with Crippen molar-refractivity contribution in [1.29, 1.82) is 0 Å². The van der Waals surface area contributed by atoms with Crippen LogP contribution in [0.25, 0.3) is 0 Å². The summed E-state index contributed by atoms with van der Waals surface area (Å²) in [5.41, 5.74) is 5.15. The van der Waals surface area contributed by atoms with Gasteiger partial charge in [0, 0.05) is 0 Å². The highest BCUT2D eigenvalue weighted by Gasteiger charge is 2.19. The standard InChI is InChI=1S/C7H13NO6/c8-5(1-6(11)12)7(13)14-3-4(10)2-9/h4-5,9-10H,1-3,8H2,(H,11,12)/t4?,5-/m0/s1. The lowest BCUT2D eigenvalue weighted by Gasteiger charge is -2.11. The molecule has 0 radical (unpaired) electrons. The molecule has 0 aromatic carbocycles. The summed E-state index contributed by atoms with van der Waals surface area (Å²) in [6, 6.07) is -1.25. The van der Waals surface area contributed by atoms with Crippen LogP contribution >= 0.6 is 0 Å².